The quantitative estimate of drug-likeness (QED) is 0.716. The van der Waals surface area contributed by atoms with Crippen molar-refractivity contribution in [2.45, 2.75) is 59.7 Å². The van der Waals surface area contributed by atoms with Crippen LogP contribution in [0.4, 0.5) is 19.1 Å². The molecule has 2 saturated carbocycles. The number of hydrogen-bond acceptors (Lipinski definition) is 6. The number of nitrogens with one attached hydrogen (secondary N) is 1. The Morgan fingerprint density at radius 1 is 1.22 bits per heavy atom. The average Bonchev–Trinajstić information content (AvgIpc) is 3.00. The number of hydrogen-bond donors (Lipinski definition) is 1. The van der Waals surface area contributed by atoms with Crippen LogP contribution < -0.4 is 5.32 Å². The first-order valence-electron chi connectivity index (χ1n) is 10.4. The Labute approximate surface area is 187 Å². The van der Waals surface area contributed by atoms with Crippen molar-refractivity contribution in [2.24, 2.45) is 16.7 Å². The Morgan fingerprint density at radius 3 is 2.34 bits per heavy atom. The van der Waals surface area contributed by atoms with Gasteiger partial charge in [-0.3, -0.25) is 4.79 Å². The molecule has 0 spiro atoms. The van der Waals surface area contributed by atoms with E-state index in [0.717, 1.165) is 30.4 Å². The fourth-order valence-electron chi connectivity index (χ4n) is 5.49. The van der Waals surface area contributed by atoms with Crippen LogP contribution in [0.25, 0.3) is 0 Å². The third-order valence-corrected chi connectivity index (χ3v) is 9.63. The molecule has 1 N–H and O–H groups in total. The summed E-state index contributed by atoms with van der Waals surface area (Å²) in [6.07, 6.45) is -0.996. The van der Waals surface area contributed by atoms with Gasteiger partial charge in [0.25, 0.3) is 5.91 Å². The van der Waals surface area contributed by atoms with Crippen molar-refractivity contribution in [3.8, 4) is 0 Å². The fraction of sp³-hybridized carbons (Fsp3) is 0.762. The van der Waals surface area contributed by atoms with Gasteiger partial charge >= 0.3 is 6.18 Å². The number of anilines is 1. The molecule has 1 saturated heterocycles. The molecule has 2 aliphatic carbocycles. The molecule has 0 aromatic carbocycles. The summed E-state index contributed by atoms with van der Waals surface area (Å²) < 4.78 is 64.4. The second-order valence-electron chi connectivity index (χ2n) is 9.71. The van der Waals surface area contributed by atoms with Crippen LogP contribution in [0.5, 0.6) is 0 Å². The van der Waals surface area contributed by atoms with Crippen LogP contribution in [-0.4, -0.2) is 59.8 Å². The molecule has 1 aliphatic heterocycles. The van der Waals surface area contributed by atoms with Crippen LogP contribution in [0.2, 0.25) is 0 Å². The second-order valence-corrected chi connectivity index (χ2v) is 12.0. The first-order valence-corrected chi connectivity index (χ1v) is 12.3. The van der Waals surface area contributed by atoms with Gasteiger partial charge in [0.2, 0.25) is 5.95 Å². The van der Waals surface area contributed by atoms with Crippen LogP contribution in [-0.2, 0) is 16.0 Å². The molecule has 180 valence electrons. The predicted molar refractivity (Wildman–Crippen MR) is 115 cm³/mol. The molecule has 32 heavy (non-hydrogen) atoms. The van der Waals surface area contributed by atoms with E-state index >= 15 is 0 Å². The highest BCUT2D eigenvalue weighted by Gasteiger charge is 2.61. The SMILES string of the molecule is C.CC1(C)[C@@H]2CC[C@]1(C)[C@@H](Nc1ncc(C(=O)N3CCS(=O)(=O)CC3)c(C(F)(F)F)n1)C2. The molecule has 7 nitrogen and oxygen atoms in total. The lowest BCUT2D eigenvalue weighted by molar-refractivity contribution is -0.141. The summed E-state index contributed by atoms with van der Waals surface area (Å²) in [6.45, 7) is 6.28. The van der Waals surface area contributed by atoms with Crippen LogP contribution in [0.1, 0.15) is 63.5 Å². The van der Waals surface area contributed by atoms with Crippen molar-refractivity contribution >= 4 is 21.7 Å². The van der Waals surface area contributed by atoms with E-state index in [2.05, 4.69) is 36.1 Å². The summed E-state index contributed by atoms with van der Waals surface area (Å²) >= 11 is 0. The third-order valence-electron chi connectivity index (χ3n) is 8.02. The molecule has 1 aromatic heterocycles. The zero-order chi connectivity index (χ0) is 22.8. The molecule has 3 aliphatic rings. The van der Waals surface area contributed by atoms with E-state index in [1.54, 1.807) is 0 Å². The van der Waals surface area contributed by atoms with Crippen LogP contribution in [0, 0.1) is 16.7 Å². The summed E-state index contributed by atoms with van der Waals surface area (Å²) in [6, 6.07) is -0.0452. The number of alkyl halides is 3. The Kier molecular flexibility index (Phi) is 6.06. The summed E-state index contributed by atoms with van der Waals surface area (Å²) in [7, 11) is -3.27. The molecular weight excluding hydrogens is 445 g/mol. The molecule has 11 heteroatoms. The maximum atomic E-state index is 13.8. The van der Waals surface area contributed by atoms with E-state index < -0.39 is 33.2 Å². The molecule has 0 radical (unpaired) electrons. The summed E-state index contributed by atoms with van der Waals surface area (Å²) in [4.78, 5) is 21.6. The summed E-state index contributed by atoms with van der Waals surface area (Å²) in [5.41, 5.74) is -1.96. The first kappa shape index (κ1) is 24.7. The molecular formula is C21H31F3N4O3S. The zero-order valence-corrected chi connectivity index (χ0v) is 18.6. The van der Waals surface area contributed by atoms with Gasteiger partial charge in [0, 0.05) is 25.3 Å². The molecule has 4 rings (SSSR count). The Balaban J connectivity index is 0.00000289. The van der Waals surface area contributed by atoms with E-state index in [1.807, 2.05) is 0 Å². The number of carbonyl (C=O) groups excluding carboxylic acids is 1. The molecule has 1 amide bonds. The van der Waals surface area contributed by atoms with Crippen molar-refractivity contribution in [1.29, 1.82) is 0 Å². The molecule has 2 bridgehead atoms. The lowest BCUT2D eigenvalue weighted by atomic mass is 9.69. The van der Waals surface area contributed by atoms with E-state index in [9.17, 15) is 26.4 Å². The molecule has 2 heterocycles. The highest BCUT2D eigenvalue weighted by Crippen LogP contribution is 2.65. The minimum Gasteiger partial charge on any atom is -0.351 e. The van der Waals surface area contributed by atoms with Gasteiger partial charge in [0.05, 0.1) is 17.1 Å². The minimum atomic E-state index is -4.84. The van der Waals surface area contributed by atoms with Crippen molar-refractivity contribution < 1.29 is 26.4 Å². The van der Waals surface area contributed by atoms with Crippen molar-refractivity contribution in [2.75, 3.05) is 29.9 Å². The third kappa shape index (κ3) is 3.97. The smallest absolute Gasteiger partial charge is 0.351 e. The number of rotatable bonds is 3. The standard InChI is InChI=1S/C20H27F3N4O3S.CH4/c1-18(2)12-4-5-19(18,3)14(10-12)25-17-24-11-13(15(26-17)20(21,22)23)16(28)27-6-8-31(29,30)9-7-27;/h11-12,14H,4-10H2,1-3H3,(H,24,25,26);1H4/t12-,14+,19-;/m1./s1. The maximum absolute atomic E-state index is 13.8. The maximum Gasteiger partial charge on any atom is 0.434 e. The van der Waals surface area contributed by atoms with Gasteiger partial charge in [-0.05, 0) is 36.0 Å². The predicted octanol–water partition coefficient (Wildman–Crippen LogP) is 3.63. The van der Waals surface area contributed by atoms with Crippen LogP contribution in [0.15, 0.2) is 6.20 Å². The van der Waals surface area contributed by atoms with Crippen molar-refractivity contribution in [3.05, 3.63) is 17.5 Å². The van der Waals surface area contributed by atoms with E-state index in [-0.39, 0.29) is 54.8 Å². The lowest BCUT2D eigenvalue weighted by Gasteiger charge is -2.39. The molecule has 3 fully saturated rings. The van der Waals surface area contributed by atoms with Gasteiger partial charge in [-0.2, -0.15) is 13.2 Å². The van der Waals surface area contributed by atoms with E-state index in [0.29, 0.717) is 5.92 Å². The number of fused-ring (bicyclic) bond motifs is 2. The average molecular weight is 477 g/mol. The number of aromatic nitrogens is 2. The first-order chi connectivity index (χ1) is 14.2. The number of halogens is 3. The number of amides is 1. The topological polar surface area (TPSA) is 92.3 Å². The van der Waals surface area contributed by atoms with Gasteiger partial charge in [-0.15, -0.1) is 0 Å². The summed E-state index contributed by atoms with van der Waals surface area (Å²) in [5, 5.41) is 3.11. The van der Waals surface area contributed by atoms with Crippen molar-refractivity contribution in [1.82, 2.24) is 14.9 Å². The van der Waals surface area contributed by atoms with Crippen molar-refractivity contribution in [3.63, 3.8) is 0 Å². The molecule has 1 aromatic rings. The highest BCUT2D eigenvalue weighted by molar-refractivity contribution is 7.91. The highest BCUT2D eigenvalue weighted by atomic mass is 32.2. The van der Waals surface area contributed by atoms with Crippen LogP contribution in [0.3, 0.4) is 0 Å². The minimum absolute atomic E-state index is 0. The molecule has 0 unspecified atom stereocenters. The van der Waals surface area contributed by atoms with Crippen LogP contribution >= 0.6 is 0 Å². The summed E-state index contributed by atoms with van der Waals surface area (Å²) in [5.74, 6) is -1.08. The van der Waals surface area contributed by atoms with Gasteiger partial charge in [-0.25, -0.2) is 18.4 Å². The largest absolute Gasteiger partial charge is 0.434 e. The number of carbonyl (C=O) groups is 1. The molecule has 3 atom stereocenters. The van der Waals surface area contributed by atoms with Gasteiger partial charge in [-0.1, -0.05) is 28.2 Å². The van der Waals surface area contributed by atoms with Gasteiger partial charge in [0.15, 0.2) is 15.5 Å². The van der Waals surface area contributed by atoms with Gasteiger partial charge < -0.3 is 10.2 Å². The second kappa shape index (κ2) is 7.85. The lowest BCUT2D eigenvalue weighted by Crippen LogP contribution is -2.44. The normalized spacial score (nSPS) is 30.6. The number of nitrogens with zero attached hydrogens (tertiary/aromatic N) is 3. The van der Waals surface area contributed by atoms with Gasteiger partial charge in [0.1, 0.15) is 0 Å². The Morgan fingerprint density at radius 2 is 1.84 bits per heavy atom. The Hall–Kier alpha value is -1.91. The zero-order valence-electron chi connectivity index (χ0n) is 17.8. The van der Waals surface area contributed by atoms with E-state index in [1.165, 1.54) is 0 Å². The monoisotopic (exact) mass is 476 g/mol. The van der Waals surface area contributed by atoms with E-state index in [4.69, 9.17) is 0 Å². The number of sulfone groups is 1. The fourth-order valence-corrected chi connectivity index (χ4v) is 6.69. The Bertz CT molecular complexity index is 998.